The minimum Gasteiger partial charge on any atom is 0 e. The van der Waals surface area contributed by atoms with Crippen LogP contribution in [-0.4, -0.2) is 32.9 Å². The minimum absolute atomic E-state index is 0. The Hall–Kier alpha value is 2.04. The van der Waals surface area contributed by atoms with Crippen LogP contribution < -0.4 is 0 Å². The minimum atomic E-state index is -3.32. The first-order valence-electron chi connectivity index (χ1n) is 13.4. The molecule has 0 aromatic rings. The first-order valence-corrected chi connectivity index (χ1v) is 22.6. The van der Waals surface area contributed by atoms with Gasteiger partial charge in [0, 0.05) is 20.4 Å². The molecule has 0 saturated carbocycles. The van der Waals surface area contributed by atoms with Crippen LogP contribution in [0.15, 0.2) is 0 Å². The molecule has 0 nitrogen and oxygen atoms in total. The smallest absolute Gasteiger partial charge is 0 e. The third-order valence-electron chi connectivity index (χ3n) is 19.5. The molecule has 10 aliphatic heterocycles. The summed E-state index contributed by atoms with van der Waals surface area (Å²) >= 11 is 0. The fourth-order valence-electron chi connectivity index (χ4n) is 21.8. The van der Waals surface area contributed by atoms with Gasteiger partial charge in [0.25, 0.3) is 0 Å². The number of rotatable bonds is 4. The van der Waals surface area contributed by atoms with Crippen molar-refractivity contribution in [3.63, 3.8) is 0 Å². The maximum atomic E-state index is 2.62. The Morgan fingerprint density at radius 2 is 0.750 bits per heavy atom. The topological polar surface area (TPSA) is 0 Å². The van der Waals surface area contributed by atoms with Gasteiger partial charge in [-0.05, 0) is 0 Å². The van der Waals surface area contributed by atoms with Gasteiger partial charge in [0.15, 0.2) is 0 Å². The van der Waals surface area contributed by atoms with Crippen LogP contribution in [0.1, 0.15) is 83.1 Å². The van der Waals surface area contributed by atoms with Crippen LogP contribution in [0.3, 0.4) is 0 Å². The van der Waals surface area contributed by atoms with Gasteiger partial charge in [-0.1, -0.05) is 0 Å². The molecule has 0 N–H and O–H groups in total. The molecular weight excluding hydrogens is 561 g/mol. The van der Waals surface area contributed by atoms with E-state index in [0.29, 0.717) is 20.6 Å². The van der Waals surface area contributed by atoms with E-state index in [2.05, 4.69) is 83.1 Å². The normalized spacial score (nSPS) is 73.6. The fraction of sp³-hybridized carbons (Fsp3) is 1.00. The first-order chi connectivity index (χ1) is 13.6. The van der Waals surface area contributed by atoms with E-state index >= 15 is 0 Å². The monoisotopic (exact) mass is 608 g/mol. The van der Waals surface area contributed by atoms with E-state index < -0.39 is 6.51 Å². The molecule has 10 saturated heterocycles. The molecule has 1 spiro atoms. The van der Waals surface area contributed by atoms with Crippen LogP contribution in [0.4, 0.5) is 0 Å². The summed E-state index contributed by atoms with van der Waals surface area (Å²) in [4.78, 5) is 11.6. The van der Waals surface area contributed by atoms with Gasteiger partial charge in [-0.25, -0.2) is 0 Å². The summed E-state index contributed by atoms with van der Waals surface area (Å²) in [5.74, 6) is 0. The molecule has 4 unspecified atom stereocenters. The maximum absolute atomic E-state index is 3.32. The molecule has 10 aliphatic rings. The van der Waals surface area contributed by atoms with Crippen molar-refractivity contribution in [2.24, 2.45) is 0 Å². The summed E-state index contributed by atoms with van der Waals surface area (Å²) < 4.78 is 2.07. The van der Waals surface area contributed by atoms with E-state index in [4.69, 9.17) is 0 Å². The van der Waals surface area contributed by atoms with E-state index in [1.165, 1.54) is 38.5 Å². The Kier molecular flexibility index (Phi) is 1.68. The van der Waals surface area contributed by atoms with Crippen LogP contribution in [0, 0.1) is 0 Å². The Morgan fingerprint density at radius 1 is 0.500 bits per heavy atom. The van der Waals surface area contributed by atoms with Gasteiger partial charge in [0.05, 0.1) is 0 Å². The molecule has 0 bridgehead atoms. The van der Waals surface area contributed by atoms with Crippen molar-refractivity contribution in [3.05, 3.63) is 0 Å². The zero-order valence-electron chi connectivity index (χ0n) is 22.6. The van der Waals surface area contributed by atoms with Gasteiger partial charge in [-0.15, -0.1) is 0 Å². The largest absolute Gasteiger partial charge is 0 e. The molecule has 32 heavy (non-hydrogen) atoms. The zero-order valence-corrected chi connectivity index (χ0v) is 27.0. The Bertz CT molecular complexity index is 1250. The molecule has 0 aromatic carbocycles. The molecule has 0 aliphatic carbocycles. The van der Waals surface area contributed by atoms with Crippen LogP contribution in [0.2, 0.25) is 47.2 Å². The van der Waals surface area contributed by atoms with Gasteiger partial charge in [-0.2, -0.15) is 0 Å². The molecule has 4 heteroatoms. The Morgan fingerprint density at radius 3 is 0.906 bits per heavy atom. The number of hydrogen-bond acceptors (Lipinski definition) is 0. The van der Waals surface area contributed by atoms with Gasteiger partial charge >= 0.3 is 186 Å². The summed E-state index contributed by atoms with van der Waals surface area (Å²) in [6.07, 6.45) is 3.52. The molecule has 0 radical (unpaired) electrons. The summed E-state index contributed by atoms with van der Waals surface area (Å²) in [6, 6.07) is 0. The van der Waals surface area contributed by atoms with Gasteiger partial charge in [0.2, 0.25) is 0 Å². The quantitative estimate of drug-likeness (QED) is 0.220. The van der Waals surface area contributed by atoms with Gasteiger partial charge < -0.3 is 0 Å². The van der Waals surface area contributed by atoms with Gasteiger partial charge in [-0.3, -0.25) is 0 Å². The van der Waals surface area contributed by atoms with Crippen molar-refractivity contribution in [1.82, 2.24) is 0 Å². The molecule has 0 aromatic heterocycles. The summed E-state index contributed by atoms with van der Waals surface area (Å²) in [5.41, 5.74) is 0. The van der Waals surface area contributed by atoms with E-state index in [0.717, 1.165) is 8.63 Å². The van der Waals surface area contributed by atoms with Crippen molar-refractivity contribution >= 4 is 15.8 Å². The maximum Gasteiger partial charge on any atom is 0 e. The van der Waals surface area contributed by atoms with Crippen LogP contribution in [-0.2, 0) is 26.9 Å². The first kappa shape index (κ1) is 21.0. The standard InChI is InChI=1S/C23H43P2.C5H5.Fe.Pd/c1-20(2,3)24(21(4,5)6)16-18-14-13-15-19(18)17-25(22(7,8)9)23(10,11)12;1-2-4-5-3-1;;/h13-15H,16-17H2,1-12H3;1-5H;;. The van der Waals surface area contributed by atoms with Crippen molar-refractivity contribution in [1.29, 1.82) is 0 Å². The van der Waals surface area contributed by atoms with Crippen molar-refractivity contribution in [3.8, 4) is 0 Å². The third kappa shape index (κ3) is 0.446. The molecule has 4 atom stereocenters. The fourth-order valence-corrected chi connectivity index (χ4v) is 113. The van der Waals surface area contributed by atoms with Gasteiger partial charge in [0.1, 0.15) is 0 Å². The number of fused-ring (bicyclic) bond motifs is 10. The second-order valence-corrected chi connectivity index (χ2v) is 51.1. The predicted molar refractivity (Wildman–Crippen MR) is 138 cm³/mol. The molecule has 188 valence electrons. The SMILES string of the molecule is CC(C)(C)P(C[C]12[CH]3[CH]4[CH]5[C]1(CP(C(C)(C)C)C(C)(C)C)[Fe]43521678[CH]2[CH]1[CH]6[CH]7[CH]28)C(C)(C)C.[Pd]. The molecule has 0 amide bonds. The molecular formula is C28H48FeP2Pd. The van der Waals surface area contributed by atoms with E-state index in [9.17, 15) is 0 Å². The average molecular weight is 609 g/mol. The number of hydrogen-bond donors (Lipinski definition) is 0. The van der Waals surface area contributed by atoms with Crippen molar-refractivity contribution in [2.75, 3.05) is 12.3 Å². The zero-order chi connectivity index (χ0) is 22.5. The van der Waals surface area contributed by atoms with Crippen LogP contribution in [0.5, 0.6) is 0 Å². The van der Waals surface area contributed by atoms with Crippen molar-refractivity contribution < 1.29 is 26.9 Å². The van der Waals surface area contributed by atoms with E-state index in [-0.39, 0.29) is 36.3 Å². The average Bonchev–Trinajstić information content (AvgIpc) is 3.47. The summed E-state index contributed by atoms with van der Waals surface area (Å²) in [7, 11) is 0.161. The Labute approximate surface area is 204 Å². The predicted octanol–water partition coefficient (Wildman–Crippen LogP) is 10.3. The molecule has 10 rings (SSSR count). The second kappa shape index (κ2) is 2.56. The van der Waals surface area contributed by atoms with Crippen LogP contribution in [0.25, 0.3) is 0 Å². The summed E-state index contributed by atoms with van der Waals surface area (Å²) in [5, 5.41) is 2.09. The van der Waals surface area contributed by atoms with E-state index in [1.807, 2.05) is 0 Å². The second-order valence-electron chi connectivity index (χ2n) is 19.9. The summed E-state index contributed by atoms with van der Waals surface area (Å²) in [6.45, 7) is 28.2. The molecule has 10 fully saturated rings. The molecule has 10 heterocycles. The third-order valence-corrected chi connectivity index (χ3v) is 72.2. The van der Waals surface area contributed by atoms with E-state index in [1.54, 1.807) is 12.3 Å². The Balaban J connectivity index is 0.00000160. The van der Waals surface area contributed by atoms with Crippen LogP contribution >= 0.6 is 15.8 Å². The van der Waals surface area contributed by atoms with Crippen molar-refractivity contribution in [2.45, 2.75) is 151 Å².